The highest BCUT2D eigenvalue weighted by Crippen LogP contribution is 2.44. The summed E-state index contributed by atoms with van der Waals surface area (Å²) >= 11 is 6.24. The van der Waals surface area contributed by atoms with Crippen LogP contribution in [0.2, 0.25) is 18.1 Å². The Kier molecular flexibility index (Phi) is 14.4. The molecular formula is C38H51ClO7Si. The number of ether oxygens (including phenoxy) is 4. The van der Waals surface area contributed by atoms with Gasteiger partial charge in [0.15, 0.2) is 20.4 Å². The Bertz CT molecular complexity index is 1370. The largest absolute Gasteiger partial charge is 0.497 e. The molecule has 3 aromatic carbocycles. The molecule has 0 aliphatic carbocycles. The van der Waals surface area contributed by atoms with Gasteiger partial charge in [-0.2, -0.15) is 0 Å². The minimum absolute atomic E-state index is 0.181. The number of hydrogen-bond acceptors (Lipinski definition) is 7. The first-order valence-corrected chi connectivity index (χ1v) is 19.4. The summed E-state index contributed by atoms with van der Waals surface area (Å²) in [6.07, 6.45) is -2.93. The first kappa shape index (κ1) is 38.6. The second kappa shape index (κ2) is 17.5. The van der Waals surface area contributed by atoms with Crippen LogP contribution < -0.4 is 4.74 Å². The van der Waals surface area contributed by atoms with Crippen LogP contribution in [0.3, 0.4) is 0 Å². The molecule has 256 valence electrons. The van der Waals surface area contributed by atoms with Crippen LogP contribution in [-0.4, -0.2) is 57.8 Å². The van der Waals surface area contributed by atoms with Crippen molar-refractivity contribution in [3.05, 3.63) is 102 Å². The van der Waals surface area contributed by atoms with Crippen molar-refractivity contribution in [1.29, 1.82) is 0 Å². The number of methoxy groups -OCH3 is 1. The smallest absolute Gasteiger partial charge is 0.192 e. The molecule has 0 aliphatic rings. The van der Waals surface area contributed by atoms with Crippen LogP contribution >= 0.6 is 11.6 Å². The van der Waals surface area contributed by atoms with E-state index in [4.69, 9.17) is 35.0 Å². The Morgan fingerprint density at radius 2 is 1.23 bits per heavy atom. The second-order valence-electron chi connectivity index (χ2n) is 13.9. The van der Waals surface area contributed by atoms with Crippen LogP contribution in [0, 0.1) is 5.41 Å². The van der Waals surface area contributed by atoms with Gasteiger partial charge in [-0.15, -0.1) is 11.6 Å². The molecule has 0 aliphatic heterocycles. The van der Waals surface area contributed by atoms with E-state index in [2.05, 4.69) is 33.9 Å². The fourth-order valence-corrected chi connectivity index (χ4v) is 6.62. The van der Waals surface area contributed by atoms with Crippen LogP contribution in [0.4, 0.5) is 0 Å². The summed E-state index contributed by atoms with van der Waals surface area (Å²) < 4.78 is 31.8. The normalized spacial score (nSPS) is 15.0. The first-order valence-electron chi connectivity index (χ1n) is 16.0. The number of ketones is 1. The third-order valence-corrected chi connectivity index (χ3v) is 13.7. The maximum absolute atomic E-state index is 13.7. The fraction of sp³-hybridized carbons (Fsp3) is 0.474. The molecule has 0 radical (unpaired) electrons. The lowest BCUT2D eigenvalue weighted by atomic mass is 9.75. The molecule has 4 atom stereocenters. The molecule has 0 heterocycles. The molecule has 0 bridgehead atoms. The Morgan fingerprint density at radius 1 is 0.745 bits per heavy atom. The van der Waals surface area contributed by atoms with Crippen molar-refractivity contribution in [3.63, 3.8) is 0 Å². The summed E-state index contributed by atoms with van der Waals surface area (Å²) in [5, 5.41) is -0.192. The van der Waals surface area contributed by atoms with E-state index in [0.29, 0.717) is 0 Å². The lowest BCUT2D eigenvalue weighted by molar-refractivity contribution is -0.183. The highest BCUT2D eigenvalue weighted by atomic mass is 35.5. The zero-order valence-corrected chi connectivity index (χ0v) is 30.8. The molecule has 0 aromatic heterocycles. The van der Waals surface area contributed by atoms with Gasteiger partial charge < -0.3 is 28.2 Å². The third-order valence-electron chi connectivity index (χ3n) is 9.00. The van der Waals surface area contributed by atoms with E-state index < -0.39 is 38.1 Å². The highest BCUT2D eigenvalue weighted by Gasteiger charge is 2.52. The molecule has 0 fully saturated rings. The molecule has 47 heavy (non-hydrogen) atoms. The van der Waals surface area contributed by atoms with E-state index in [1.807, 2.05) is 98.8 Å². The van der Waals surface area contributed by atoms with E-state index in [0.717, 1.165) is 28.7 Å². The van der Waals surface area contributed by atoms with Crippen molar-refractivity contribution in [2.75, 3.05) is 13.0 Å². The number of carbonyl (C=O) groups is 2. The standard InChI is InChI=1S/C38H51ClO7Si/c1-37(2,3)47(7,8)46-36(34(32(41)23-39)44-26-29-17-13-10-14-18-29)38(4,5)35(45-27-30-19-21-31(42-6)22-20-30)33(24-40)43-25-28-15-11-9-12-16-28/h9-22,24,33-36H,23,25-27H2,1-8H3/t33-,34-,35-,36-/m0/s1. The van der Waals surface area contributed by atoms with Crippen LogP contribution in [0.15, 0.2) is 84.9 Å². The Morgan fingerprint density at radius 3 is 1.70 bits per heavy atom. The van der Waals surface area contributed by atoms with E-state index in [1.54, 1.807) is 7.11 Å². The molecule has 0 saturated heterocycles. The average molecular weight is 683 g/mol. The molecule has 3 rings (SSSR count). The van der Waals surface area contributed by atoms with Crippen LogP contribution in [0.25, 0.3) is 0 Å². The first-order chi connectivity index (χ1) is 22.2. The predicted molar refractivity (Wildman–Crippen MR) is 189 cm³/mol. The van der Waals surface area contributed by atoms with Gasteiger partial charge >= 0.3 is 0 Å². The van der Waals surface area contributed by atoms with Gasteiger partial charge in [0.05, 0.1) is 45.0 Å². The second-order valence-corrected chi connectivity index (χ2v) is 18.9. The molecular weight excluding hydrogens is 632 g/mol. The molecule has 9 heteroatoms. The minimum Gasteiger partial charge on any atom is -0.497 e. The van der Waals surface area contributed by atoms with Gasteiger partial charge in [0.2, 0.25) is 0 Å². The minimum atomic E-state index is -2.54. The number of carbonyl (C=O) groups excluding carboxylic acids is 2. The molecule has 0 N–H and O–H groups in total. The predicted octanol–water partition coefficient (Wildman–Crippen LogP) is 8.17. The summed E-state index contributed by atoms with van der Waals surface area (Å²) in [7, 11) is -0.926. The van der Waals surface area contributed by atoms with Crippen molar-refractivity contribution in [3.8, 4) is 5.75 Å². The summed E-state index contributed by atoms with van der Waals surface area (Å²) in [5.41, 5.74) is 1.72. The third kappa shape index (κ3) is 10.8. The lowest BCUT2D eigenvalue weighted by Crippen LogP contribution is -2.60. The number of rotatable bonds is 19. The van der Waals surface area contributed by atoms with E-state index in [1.165, 1.54) is 0 Å². The van der Waals surface area contributed by atoms with Gasteiger partial charge in [0, 0.05) is 5.41 Å². The van der Waals surface area contributed by atoms with Gasteiger partial charge in [-0.1, -0.05) is 107 Å². The number of hydrogen-bond donors (Lipinski definition) is 0. The zero-order chi connectivity index (χ0) is 34.7. The monoisotopic (exact) mass is 682 g/mol. The number of aldehydes is 1. The summed E-state index contributed by atoms with van der Waals surface area (Å²) in [6.45, 7) is 15.1. The van der Waals surface area contributed by atoms with E-state index >= 15 is 0 Å². The number of halogens is 1. The Balaban J connectivity index is 2.09. The lowest BCUT2D eigenvalue weighted by Gasteiger charge is -2.49. The van der Waals surface area contributed by atoms with Crippen LogP contribution in [-0.2, 0) is 48.0 Å². The summed E-state index contributed by atoms with van der Waals surface area (Å²) in [4.78, 5) is 26.6. The van der Waals surface area contributed by atoms with Crippen molar-refractivity contribution in [2.24, 2.45) is 5.41 Å². The van der Waals surface area contributed by atoms with Crippen LogP contribution in [0.1, 0.15) is 51.3 Å². The average Bonchev–Trinajstić information content (AvgIpc) is 3.06. The molecule has 0 unspecified atom stereocenters. The van der Waals surface area contributed by atoms with Crippen molar-refractivity contribution in [1.82, 2.24) is 0 Å². The maximum atomic E-state index is 13.7. The van der Waals surface area contributed by atoms with Gasteiger partial charge in [0.25, 0.3) is 0 Å². The van der Waals surface area contributed by atoms with Crippen molar-refractivity contribution >= 4 is 32.0 Å². The van der Waals surface area contributed by atoms with E-state index in [-0.39, 0.29) is 36.5 Å². The maximum Gasteiger partial charge on any atom is 0.192 e. The van der Waals surface area contributed by atoms with Gasteiger partial charge in [-0.3, -0.25) is 4.79 Å². The number of alkyl halides is 1. The number of Topliss-reactive ketones (excluding diaryl/α,β-unsaturated/α-hetero) is 1. The van der Waals surface area contributed by atoms with E-state index in [9.17, 15) is 9.59 Å². The van der Waals surface area contributed by atoms with Crippen molar-refractivity contribution < 1.29 is 33.0 Å². The topological polar surface area (TPSA) is 80.3 Å². The Hall–Kier alpha value is -2.85. The Labute approximate surface area is 287 Å². The highest BCUT2D eigenvalue weighted by molar-refractivity contribution is 6.74. The van der Waals surface area contributed by atoms with Gasteiger partial charge in [-0.05, 0) is 47.0 Å². The number of benzene rings is 3. The molecule has 7 nitrogen and oxygen atoms in total. The molecule has 0 saturated carbocycles. The van der Waals surface area contributed by atoms with Crippen LogP contribution in [0.5, 0.6) is 5.75 Å². The molecule has 0 amide bonds. The molecule has 0 spiro atoms. The quantitative estimate of drug-likeness (QED) is 0.0717. The van der Waals surface area contributed by atoms with Gasteiger partial charge in [0.1, 0.15) is 18.0 Å². The molecule has 3 aromatic rings. The van der Waals surface area contributed by atoms with Gasteiger partial charge in [-0.25, -0.2) is 0 Å². The summed E-state index contributed by atoms with van der Waals surface area (Å²) in [5.74, 6) is 0.163. The van der Waals surface area contributed by atoms with Crippen molar-refractivity contribution in [2.45, 2.75) is 97.0 Å². The SMILES string of the molecule is COc1ccc(CO[C@@H]([C@H](C=O)OCc2ccccc2)C(C)(C)[C@@H](O[Si](C)(C)C(C)(C)C)[C@@H](OCc2ccccc2)C(=O)CCl)cc1. The fourth-order valence-electron chi connectivity index (χ4n) is 5.05. The summed E-state index contributed by atoms with van der Waals surface area (Å²) in [6, 6.07) is 26.9. The zero-order valence-electron chi connectivity index (χ0n) is 29.0.